The second-order valence-electron chi connectivity index (χ2n) is 7.02. The molecular formula is C21H17ClN4O5S. The van der Waals surface area contributed by atoms with Gasteiger partial charge in [-0.3, -0.25) is 14.3 Å². The molecule has 0 aliphatic rings. The van der Waals surface area contributed by atoms with Gasteiger partial charge in [0.15, 0.2) is 0 Å². The summed E-state index contributed by atoms with van der Waals surface area (Å²) >= 11 is 5.60. The van der Waals surface area contributed by atoms with Crippen molar-refractivity contribution in [3.05, 3.63) is 70.6 Å². The zero-order valence-corrected chi connectivity index (χ0v) is 18.5. The fourth-order valence-electron chi connectivity index (χ4n) is 3.22. The number of para-hydroxylation sites is 1. The third kappa shape index (κ3) is 4.36. The molecule has 0 atom stereocenters. The molecule has 9 nitrogen and oxygen atoms in total. The van der Waals surface area contributed by atoms with Crippen LogP contribution in [-0.2, 0) is 17.1 Å². The number of fused-ring (bicyclic) bond motifs is 1. The highest BCUT2D eigenvalue weighted by Crippen LogP contribution is 2.37. The van der Waals surface area contributed by atoms with Crippen LogP contribution in [0.2, 0.25) is 0 Å². The van der Waals surface area contributed by atoms with E-state index in [0.717, 1.165) is 10.9 Å². The van der Waals surface area contributed by atoms with Crippen LogP contribution in [0.5, 0.6) is 11.5 Å². The Kier molecular flexibility index (Phi) is 5.49. The highest BCUT2D eigenvalue weighted by atomic mass is 35.5. The minimum Gasteiger partial charge on any atom is -0.457 e. The lowest BCUT2D eigenvalue weighted by molar-refractivity contribution is 0.107. The largest absolute Gasteiger partial charge is 0.457 e. The maximum Gasteiger partial charge on any atom is 0.290 e. The summed E-state index contributed by atoms with van der Waals surface area (Å²) in [6.07, 6.45) is 1.04. The number of H-pyrrole nitrogens is 1. The Morgan fingerprint density at radius 2 is 1.88 bits per heavy atom. The molecule has 4 rings (SSSR count). The van der Waals surface area contributed by atoms with Crippen molar-refractivity contribution in [2.45, 2.75) is 0 Å². The Labute approximate surface area is 187 Å². The van der Waals surface area contributed by atoms with Gasteiger partial charge >= 0.3 is 0 Å². The van der Waals surface area contributed by atoms with Gasteiger partial charge in [-0.15, -0.1) is 0 Å². The SMILES string of the molecule is Cn1nc(-c2cc(NS(C)(=O)=O)ccc2Oc2ccccc2)c2cc(C(=O)Cl)[nH]c2c1=O. The molecule has 2 aromatic carbocycles. The van der Waals surface area contributed by atoms with E-state index in [1.807, 2.05) is 18.2 Å². The normalized spacial score (nSPS) is 11.5. The number of halogens is 1. The Bertz CT molecular complexity index is 1510. The van der Waals surface area contributed by atoms with E-state index in [9.17, 15) is 18.0 Å². The molecule has 2 N–H and O–H groups in total. The van der Waals surface area contributed by atoms with Gasteiger partial charge in [-0.25, -0.2) is 13.1 Å². The molecule has 0 radical (unpaired) electrons. The number of aromatic amines is 1. The van der Waals surface area contributed by atoms with Gasteiger partial charge in [0.2, 0.25) is 10.0 Å². The van der Waals surface area contributed by atoms with Gasteiger partial charge in [0, 0.05) is 23.7 Å². The second kappa shape index (κ2) is 8.13. The van der Waals surface area contributed by atoms with E-state index >= 15 is 0 Å². The van der Waals surface area contributed by atoms with Crippen LogP contribution in [0.15, 0.2) is 59.4 Å². The van der Waals surface area contributed by atoms with Crippen LogP contribution in [0.4, 0.5) is 5.69 Å². The average molecular weight is 473 g/mol. The number of ether oxygens (including phenoxy) is 1. The summed E-state index contributed by atoms with van der Waals surface area (Å²) in [7, 11) is -2.08. The monoisotopic (exact) mass is 472 g/mol. The summed E-state index contributed by atoms with van der Waals surface area (Å²) in [5, 5.41) is 3.93. The first-order chi connectivity index (χ1) is 15.1. The lowest BCUT2D eigenvalue weighted by Gasteiger charge is -2.14. The average Bonchev–Trinajstić information content (AvgIpc) is 3.18. The molecule has 0 amide bonds. The number of carbonyl (C=O) groups is 1. The Balaban J connectivity index is 1.99. The summed E-state index contributed by atoms with van der Waals surface area (Å²) in [6, 6.07) is 15.1. The molecule has 32 heavy (non-hydrogen) atoms. The number of nitrogens with zero attached hydrogens (tertiary/aromatic N) is 2. The van der Waals surface area contributed by atoms with Crippen molar-refractivity contribution in [3.8, 4) is 22.8 Å². The fourth-order valence-corrected chi connectivity index (χ4v) is 3.88. The number of aryl methyl sites for hydroxylation is 1. The van der Waals surface area contributed by atoms with Crippen LogP contribution in [0.3, 0.4) is 0 Å². The van der Waals surface area contributed by atoms with Gasteiger partial charge in [-0.2, -0.15) is 5.10 Å². The molecule has 0 spiro atoms. The van der Waals surface area contributed by atoms with Gasteiger partial charge in [-0.05, 0) is 48.0 Å². The standard InChI is InChI=1S/C21H17ClN4O5S/c1-26-21(28)19-15(11-16(23-19)20(22)27)18(24-26)14-10-12(25-32(2,29)30)8-9-17(14)31-13-6-4-3-5-7-13/h3-11,23,25H,1-2H3. The van der Waals surface area contributed by atoms with Crippen LogP contribution in [0.1, 0.15) is 10.5 Å². The van der Waals surface area contributed by atoms with Crippen molar-refractivity contribution in [2.24, 2.45) is 7.05 Å². The lowest BCUT2D eigenvalue weighted by atomic mass is 10.1. The molecule has 11 heteroatoms. The molecule has 2 aromatic heterocycles. The number of carbonyl (C=O) groups excluding carboxylic acids is 1. The van der Waals surface area contributed by atoms with Crippen LogP contribution in [-0.4, -0.2) is 34.7 Å². The third-order valence-corrected chi connectivity index (χ3v) is 5.36. The topological polar surface area (TPSA) is 123 Å². The Morgan fingerprint density at radius 1 is 1.16 bits per heavy atom. The summed E-state index contributed by atoms with van der Waals surface area (Å²) in [5.74, 6) is 0.909. The minimum atomic E-state index is -3.55. The zero-order chi connectivity index (χ0) is 23.0. The zero-order valence-electron chi connectivity index (χ0n) is 16.9. The van der Waals surface area contributed by atoms with E-state index in [1.54, 1.807) is 30.3 Å². The highest BCUT2D eigenvalue weighted by molar-refractivity contribution is 7.92. The molecule has 0 saturated carbocycles. The molecule has 0 fully saturated rings. The van der Waals surface area contributed by atoms with Gasteiger partial charge in [0.05, 0.1) is 11.9 Å². The van der Waals surface area contributed by atoms with Gasteiger partial charge in [0.25, 0.3) is 10.8 Å². The number of hydrogen-bond acceptors (Lipinski definition) is 6. The first-order valence-electron chi connectivity index (χ1n) is 9.27. The Hall–Kier alpha value is -3.63. The van der Waals surface area contributed by atoms with E-state index in [0.29, 0.717) is 28.1 Å². The second-order valence-corrected chi connectivity index (χ2v) is 9.11. The molecule has 164 valence electrons. The van der Waals surface area contributed by atoms with Gasteiger partial charge in [0.1, 0.15) is 22.7 Å². The first-order valence-corrected chi connectivity index (χ1v) is 11.5. The van der Waals surface area contributed by atoms with Gasteiger partial charge in [-0.1, -0.05) is 18.2 Å². The van der Waals surface area contributed by atoms with E-state index in [2.05, 4.69) is 14.8 Å². The van der Waals surface area contributed by atoms with Gasteiger partial charge < -0.3 is 9.72 Å². The lowest BCUT2D eigenvalue weighted by Crippen LogP contribution is -2.20. The number of nitrogens with one attached hydrogen (secondary N) is 2. The van der Waals surface area contributed by atoms with Crippen molar-refractivity contribution in [2.75, 3.05) is 11.0 Å². The van der Waals surface area contributed by atoms with E-state index < -0.39 is 20.8 Å². The van der Waals surface area contributed by atoms with E-state index in [1.165, 1.54) is 13.1 Å². The molecule has 0 aliphatic carbocycles. The van der Waals surface area contributed by atoms with Crippen molar-refractivity contribution in [3.63, 3.8) is 0 Å². The van der Waals surface area contributed by atoms with Crippen molar-refractivity contribution < 1.29 is 17.9 Å². The number of benzene rings is 2. The molecule has 0 unspecified atom stereocenters. The maximum absolute atomic E-state index is 12.6. The molecular weight excluding hydrogens is 456 g/mol. The number of aromatic nitrogens is 3. The smallest absolute Gasteiger partial charge is 0.290 e. The van der Waals surface area contributed by atoms with Crippen LogP contribution in [0.25, 0.3) is 22.2 Å². The number of anilines is 1. The quantitative estimate of drug-likeness (QED) is 0.414. The minimum absolute atomic E-state index is 0.0314. The highest BCUT2D eigenvalue weighted by Gasteiger charge is 2.20. The fraction of sp³-hybridized carbons (Fsp3) is 0.0952. The van der Waals surface area contributed by atoms with E-state index in [4.69, 9.17) is 16.3 Å². The summed E-state index contributed by atoms with van der Waals surface area (Å²) in [5.41, 5.74) is 0.679. The number of rotatable bonds is 6. The first kappa shape index (κ1) is 21.6. The number of sulfonamides is 1. The molecule has 4 aromatic rings. The van der Waals surface area contributed by atoms with Crippen LogP contribution < -0.4 is 15.0 Å². The molecule has 2 heterocycles. The summed E-state index contributed by atoms with van der Waals surface area (Å²) < 4.78 is 33.0. The molecule has 0 saturated heterocycles. The molecule has 0 aliphatic heterocycles. The summed E-state index contributed by atoms with van der Waals surface area (Å²) in [6.45, 7) is 0. The predicted molar refractivity (Wildman–Crippen MR) is 122 cm³/mol. The summed E-state index contributed by atoms with van der Waals surface area (Å²) in [4.78, 5) is 27.0. The van der Waals surface area contributed by atoms with Crippen LogP contribution >= 0.6 is 11.6 Å². The number of hydrogen-bond donors (Lipinski definition) is 2. The van der Waals surface area contributed by atoms with Crippen molar-refractivity contribution in [1.82, 2.24) is 14.8 Å². The molecule has 0 bridgehead atoms. The predicted octanol–water partition coefficient (Wildman–Crippen LogP) is 3.47. The maximum atomic E-state index is 12.6. The van der Waals surface area contributed by atoms with Crippen molar-refractivity contribution >= 4 is 43.5 Å². The Morgan fingerprint density at radius 3 is 2.53 bits per heavy atom. The van der Waals surface area contributed by atoms with Crippen LogP contribution in [0, 0.1) is 0 Å². The third-order valence-electron chi connectivity index (χ3n) is 4.55. The van der Waals surface area contributed by atoms with Crippen molar-refractivity contribution in [1.29, 1.82) is 0 Å². The van der Waals surface area contributed by atoms with E-state index in [-0.39, 0.29) is 16.9 Å².